The Morgan fingerprint density at radius 3 is 2.36 bits per heavy atom. The maximum absolute atomic E-state index is 10.1. The van der Waals surface area contributed by atoms with Gasteiger partial charge in [0, 0.05) is 25.0 Å². The van der Waals surface area contributed by atoms with Gasteiger partial charge in [0.2, 0.25) is 0 Å². The van der Waals surface area contributed by atoms with Crippen molar-refractivity contribution in [2.45, 2.75) is 32.7 Å². The van der Waals surface area contributed by atoms with Gasteiger partial charge in [-0.3, -0.25) is 4.90 Å². The lowest BCUT2D eigenvalue weighted by molar-refractivity contribution is -0.110. The van der Waals surface area contributed by atoms with Crippen LogP contribution in [-0.2, 0) is 4.79 Å². The fourth-order valence-corrected chi connectivity index (χ4v) is 1.40. The van der Waals surface area contributed by atoms with E-state index in [0.717, 1.165) is 25.8 Å². The van der Waals surface area contributed by atoms with E-state index in [2.05, 4.69) is 25.7 Å². The first-order chi connectivity index (χ1) is 5.04. The van der Waals surface area contributed by atoms with Crippen LogP contribution in [0, 0.1) is 5.92 Å². The van der Waals surface area contributed by atoms with Crippen molar-refractivity contribution < 1.29 is 4.79 Å². The summed E-state index contributed by atoms with van der Waals surface area (Å²) in [6.07, 6.45) is 1.78. The molecule has 1 saturated heterocycles. The number of rotatable bonds is 2. The maximum atomic E-state index is 10.1. The van der Waals surface area contributed by atoms with Gasteiger partial charge in [-0.15, -0.1) is 0 Å². The molecule has 0 unspecified atom stereocenters. The van der Waals surface area contributed by atoms with E-state index in [0.29, 0.717) is 11.5 Å². The lowest BCUT2D eigenvalue weighted by atomic mass is 9.91. The van der Waals surface area contributed by atoms with Gasteiger partial charge < -0.3 is 4.79 Å². The second kappa shape index (κ2) is 2.94. The molecule has 1 rings (SSSR count). The molecule has 1 aliphatic heterocycles. The standard InChI is InChI=1S/C9H17NO/c1-9(2,3)10-6-8(7-10)4-5-11/h5,8H,4,6-7H2,1-3H3. The number of carbonyl (C=O) groups excluding carboxylic acids is 1. The highest BCUT2D eigenvalue weighted by molar-refractivity contribution is 5.50. The predicted molar refractivity (Wildman–Crippen MR) is 45.5 cm³/mol. The SMILES string of the molecule is CC(C)(C)N1CC(CC=O)C1. The van der Waals surface area contributed by atoms with Crippen LogP contribution >= 0.6 is 0 Å². The summed E-state index contributed by atoms with van der Waals surface area (Å²) in [6, 6.07) is 0. The first-order valence-corrected chi connectivity index (χ1v) is 4.22. The van der Waals surface area contributed by atoms with Crippen molar-refractivity contribution in [1.29, 1.82) is 0 Å². The Bertz CT molecular complexity index is 142. The zero-order valence-corrected chi connectivity index (χ0v) is 7.63. The average Bonchev–Trinajstić information content (AvgIpc) is 1.74. The Kier molecular flexibility index (Phi) is 2.33. The zero-order chi connectivity index (χ0) is 8.48. The van der Waals surface area contributed by atoms with Crippen molar-refractivity contribution >= 4 is 6.29 Å². The molecule has 1 aliphatic rings. The highest BCUT2D eigenvalue weighted by atomic mass is 16.1. The summed E-state index contributed by atoms with van der Waals surface area (Å²) in [4.78, 5) is 12.5. The van der Waals surface area contributed by atoms with E-state index >= 15 is 0 Å². The number of nitrogens with zero attached hydrogens (tertiary/aromatic N) is 1. The van der Waals surface area contributed by atoms with E-state index < -0.39 is 0 Å². The van der Waals surface area contributed by atoms with Gasteiger partial charge in [-0.05, 0) is 26.7 Å². The quantitative estimate of drug-likeness (QED) is 0.560. The van der Waals surface area contributed by atoms with Gasteiger partial charge in [0.15, 0.2) is 0 Å². The molecule has 0 spiro atoms. The number of aldehydes is 1. The van der Waals surface area contributed by atoms with Crippen LogP contribution in [0.5, 0.6) is 0 Å². The minimum atomic E-state index is 0.291. The molecule has 1 fully saturated rings. The van der Waals surface area contributed by atoms with Crippen molar-refractivity contribution in [3.63, 3.8) is 0 Å². The lowest BCUT2D eigenvalue weighted by Gasteiger charge is -2.47. The average molecular weight is 155 g/mol. The molecular weight excluding hydrogens is 138 g/mol. The summed E-state index contributed by atoms with van der Waals surface area (Å²) in [5.74, 6) is 0.631. The van der Waals surface area contributed by atoms with Crippen LogP contribution in [0.3, 0.4) is 0 Å². The minimum absolute atomic E-state index is 0.291. The number of likely N-dealkylation sites (tertiary alicyclic amines) is 1. The van der Waals surface area contributed by atoms with Crippen molar-refractivity contribution in [2.24, 2.45) is 5.92 Å². The Morgan fingerprint density at radius 2 is 2.00 bits per heavy atom. The van der Waals surface area contributed by atoms with Crippen LogP contribution in [0.2, 0.25) is 0 Å². The third kappa shape index (κ3) is 2.03. The highest BCUT2D eigenvalue weighted by Gasteiger charge is 2.33. The van der Waals surface area contributed by atoms with Crippen LogP contribution in [0.25, 0.3) is 0 Å². The topological polar surface area (TPSA) is 20.3 Å². The van der Waals surface area contributed by atoms with Gasteiger partial charge >= 0.3 is 0 Å². The van der Waals surface area contributed by atoms with Gasteiger partial charge in [0.05, 0.1) is 0 Å². The molecule has 0 amide bonds. The third-order valence-electron chi connectivity index (χ3n) is 2.34. The smallest absolute Gasteiger partial charge is 0.120 e. The molecule has 64 valence electrons. The van der Waals surface area contributed by atoms with Crippen LogP contribution in [0.1, 0.15) is 27.2 Å². The fraction of sp³-hybridized carbons (Fsp3) is 0.889. The molecule has 0 aliphatic carbocycles. The number of carbonyl (C=O) groups is 1. The second-order valence-corrected chi connectivity index (χ2v) is 4.34. The summed E-state index contributed by atoms with van der Waals surface area (Å²) < 4.78 is 0. The summed E-state index contributed by atoms with van der Waals surface area (Å²) >= 11 is 0. The Morgan fingerprint density at radius 1 is 1.45 bits per heavy atom. The molecule has 11 heavy (non-hydrogen) atoms. The van der Waals surface area contributed by atoms with Crippen molar-refractivity contribution in [2.75, 3.05) is 13.1 Å². The fourth-order valence-electron chi connectivity index (χ4n) is 1.40. The van der Waals surface area contributed by atoms with Crippen LogP contribution in [0.15, 0.2) is 0 Å². The predicted octanol–water partition coefficient (Wildman–Crippen LogP) is 1.31. The molecule has 0 atom stereocenters. The molecule has 2 heteroatoms. The molecule has 0 aromatic rings. The molecule has 1 heterocycles. The van der Waals surface area contributed by atoms with Crippen LogP contribution in [-0.4, -0.2) is 29.8 Å². The Hall–Kier alpha value is -0.370. The summed E-state index contributed by atoms with van der Waals surface area (Å²) in [5.41, 5.74) is 0.291. The zero-order valence-electron chi connectivity index (χ0n) is 7.63. The van der Waals surface area contributed by atoms with Gasteiger partial charge in [0.1, 0.15) is 6.29 Å². The molecule has 0 N–H and O–H groups in total. The van der Waals surface area contributed by atoms with E-state index in [9.17, 15) is 4.79 Å². The maximum Gasteiger partial charge on any atom is 0.120 e. The van der Waals surface area contributed by atoms with Gasteiger partial charge in [-0.25, -0.2) is 0 Å². The summed E-state index contributed by atoms with van der Waals surface area (Å²) in [6.45, 7) is 8.84. The highest BCUT2D eigenvalue weighted by Crippen LogP contribution is 2.26. The number of hydrogen-bond donors (Lipinski definition) is 0. The Balaban J connectivity index is 2.24. The van der Waals surface area contributed by atoms with E-state index in [1.807, 2.05) is 0 Å². The number of hydrogen-bond acceptors (Lipinski definition) is 2. The summed E-state index contributed by atoms with van der Waals surface area (Å²) in [7, 11) is 0. The third-order valence-corrected chi connectivity index (χ3v) is 2.34. The van der Waals surface area contributed by atoms with Gasteiger partial charge in [-0.2, -0.15) is 0 Å². The van der Waals surface area contributed by atoms with Crippen LogP contribution < -0.4 is 0 Å². The monoisotopic (exact) mass is 155 g/mol. The van der Waals surface area contributed by atoms with Crippen molar-refractivity contribution in [1.82, 2.24) is 4.90 Å². The van der Waals surface area contributed by atoms with E-state index in [4.69, 9.17) is 0 Å². The van der Waals surface area contributed by atoms with E-state index in [-0.39, 0.29) is 0 Å². The largest absolute Gasteiger partial charge is 0.303 e. The summed E-state index contributed by atoms with van der Waals surface area (Å²) in [5, 5.41) is 0. The van der Waals surface area contributed by atoms with Crippen molar-refractivity contribution in [3.8, 4) is 0 Å². The Labute approximate surface area is 68.6 Å². The molecule has 2 nitrogen and oxygen atoms in total. The normalized spacial score (nSPS) is 21.4. The van der Waals surface area contributed by atoms with E-state index in [1.165, 1.54) is 0 Å². The minimum Gasteiger partial charge on any atom is -0.303 e. The molecule has 0 aromatic heterocycles. The molecule has 0 bridgehead atoms. The molecular formula is C9H17NO. The van der Waals surface area contributed by atoms with Crippen LogP contribution in [0.4, 0.5) is 0 Å². The van der Waals surface area contributed by atoms with E-state index in [1.54, 1.807) is 0 Å². The molecule has 0 saturated carbocycles. The second-order valence-electron chi connectivity index (χ2n) is 4.34. The first-order valence-electron chi connectivity index (χ1n) is 4.22. The van der Waals surface area contributed by atoms with Crippen molar-refractivity contribution in [3.05, 3.63) is 0 Å². The molecule has 0 radical (unpaired) electrons. The van der Waals surface area contributed by atoms with Gasteiger partial charge in [-0.1, -0.05) is 0 Å². The van der Waals surface area contributed by atoms with Gasteiger partial charge in [0.25, 0.3) is 0 Å². The first kappa shape index (κ1) is 8.72. The lowest BCUT2D eigenvalue weighted by Crippen LogP contribution is -2.55. The molecule has 0 aromatic carbocycles.